The van der Waals surface area contributed by atoms with Crippen LogP contribution in [0.25, 0.3) is 0 Å². The van der Waals surface area contributed by atoms with Gasteiger partial charge in [0.15, 0.2) is 17.4 Å². The maximum absolute atomic E-state index is 5.62. The van der Waals surface area contributed by atoms with E-state index in [4.69, 9.17) is 5.73 Å². The lowest BCUT2D eigenvalue weighted by atomic mass is 10.3. The number of nitrogens with two attached hydrogens (primary N) is 1. The van der Waals surface area contributed by atoms with E-state index in [0.29, 0.717) is 29.0 Å². The van der Waals surface area contributed by atoms with Crippen molar-refractivity contribution in [1.82, 2.24) is 5.32 Å². The van der Waals surface area contributed by atoms with Crippen LogP contribution in [-0.4, -0.2) is 17.5 Å². The highest BCUT2D eigenvalue weighted by molar-refractivity contribution is 6.18. The van der Waals surface area contributed by atoms with E-state index in [1.54, 1.807) is 13.8 Å². The lowest BCUT2D eigenvalue weighted by Crippen LogP contribution is -2.27. The second kappa shape index (κ2) is 2.17. The van der Waals surface area contributed by atoms with Crippen LogP contribution in [0, 0.1) is 0 Å². The summed E-state index contributed by atoms with van der Waals surface area (Å²) in [6.45, 7) is 3.58. The van der Waals surface area contributed by atoms with Crippen molar-refractivity contribution in [2.24, 2.45) is 20.7 Å². The lowest BCUT2D eigenvalue weighted by Gasteiger charge is -2.09. The summed E-state index contributed by atoms with van der Waals surface area (Å²) in [5.41, 5.74) is 6.21. The summed E-state index contributed by atoms with van der Waals surface area (Å²) in [6.07, 6.45) is 0. The number of hydrogen-bond donors (Lipinski definition) is 1. The summed E-state index contributed by atoms with van der Waals surface area (Å²) < 4.78 is 0. The van der Waals surface area contributed by atoms with Gasteiger partial charge in [0, 0.05) is 0 Å². The van der Waals surface area contributed by atoms with Gasteiger partial charge < -0.3 is 5.73 Å². The molecule has 0 aromatic heterocycles. The molecule has 0 atom stereocenters. The van der Waals surface area contributed by atoms with E-state index in [0.717, 1.165) is 0 Å². The summed E-state index contributed by atoms with van der Waals surface area (Å²) in [5, 5.41) is 4.09. The summed E-state index contributed by atoms with van der Waals surface area (Å²) in [6, 6.07) is 0. The van der Waals surface area contributed by atoms with Gasteiger partial charge in [0.25, 0.3) is 0 Å². The zero-order valence-corrected chi connectivity index (χ0v) is 6.87. The quantitative estimate of drug-likeness (QED) is 0.534. The molecule has 0 amide bonds. The minimum atomic E-state index is 0.401. The first kappa shape index (κ1) is 7.02. The molecular weight excluding hydrogens is 154 g/mol. The molecule has 0 fully saturated rings. The molecule has 2 aliphatic rings. The number of hydrogen-bond acceptors (Lipinski definition) is 4. The van der Waals surface area contributed by atoms with Gasteiger partial charge in [-0.2, -0.15) is 0 Å². The molecule has 61 valence electrons. The van der Waals surface area contributed by atoms with Crippen molar-refractivity contribution in [3.63, 3.8) is 0 Å². The topological polar surface area (TPSA) is 77.2 Å². The van der Waals surface area contributed by atoms with Crippen LogP contribution in [0.2, 0.25) is 0 Å². The van der Waals surface area contributed by atoms with Gasteiger partial charge in [0.1, 0.15) is 11.7 Å². The first-order chi connectivity index (χ1) is 5.66. The Balaban J connectivity index is 2.51. The molecule has 0 aromatic carbocycles. The zero-order valence-electron chi connectivity index (χ0n) is 6.87. The van der Waals surface area contributed by atoms with Gasteiger partial charge >= 0.3 is 0 Å². The Hall–Kier alpha value is -1.65. The highest BCUT2D eigenvalue weighted by Crippen LogP contribution is 2.15. The molecule has 0 aromatic rings. The highest BCUT2D eigenvalue weighted by Gasteiger charge is 2.22. The monoisotopic (exact) mass is 162 g/mol. The second-order valence-corrected chi connectivity index (χ2v) is 2.60. The molecular formula is C7H8N5. The zero-order chi connectivity index (χ0) is 8.72. The van der Waals surface area contributed by atoms with Crippen LogP contribution in [0.4, 0.5) is 0 Å². The molecule has 2 N–H and O–H groups in total. The number of nitrogens with zero attached hydrogens (tertiary/aromatic N) is 4. The van der Waals surface area contributed by atoms with Crippen molar-refractivity contribution in [2.75, 3.05) is 0 Å². The Bertz CT molecular complexity index is 358. The Kier molecular flexibility index (Phi) is 1.27. The molecule has 0 saturated carbocycles. The van der Waals surface area contributed by atoms with Crippen LogP contribution in [0.3, 0.4) is 0 Å². The predicted octanol–water partition coefficient (Wildman–Crippen LogP) is -0.0189. The first-order valence-electron chi connectivity index (χ1n) is 3.58. The molecule has 1 radical (unpaired) electrons. The van der Waals surface area contributed by atoms with Gasteiger partial charge in [-0.25, -0.2) is 20.3 Å². The smallest absolute Gasteiger partial charge is 0.185 e. The van der Waals surface area contributed by atoms with Crippen molar-refractivity contribution >= 4 is 17.5 Å². The van der Waals surface area contributed by atoms with Crippen molar-refractivity contribution < 1.29 is 0 Å². The van der Waals surface area contributed by atoms with E-state index in [1.165, 1.54) is 0 Å². The Morgan fingerprint density at radius 3 is 2.50 bits per heavy atom. The van der Waals surface area contributed by atoms with Crippen LogP contribution in [0.15, 0.2) is 26.5 Å². The normalized spacial score (nSPS) is 21.0. The molecule has 0 saturated heterocycles. The van der Waals surface area contributed by atoms with Crippen LogP contribution in [0.1, 0.15) is 13.8 Å². The molecule has 12 heavy (non-hydrogen) atoms. The van der Waals surface area contributed by atoms with Crippen molar-refractivity contribution in [2.45, 2.75) is 13.8 Å². The van der Waals surface area contributed by atoms with E-state index < -0.39 is 0 Å². The SMILES string of the molecule is CC1=NC(N)=C2N=C(C)N=C2[N]1. The third kappa shape index (κ3) is 0.903. The predicted molar refractivity (Wildman–Crippen MR) is 47.0 cm³/mol. The number of fused-ring (bicyclic) bond motifs is 1. The standard InChI is InChI=1S/C7H8N5/c1-3-9-5-6(8)10-4(2)12-7(5)11-3/h8H2,1-2H3. The number of rotatable bonds is 0. The molecule has 2 aliphatic heterocycles. The fraction of sp³-hybridized carbons (Fsp3) is 0.286. The molecule has 2 heterocycles. The number of amidine groups is 3. The van der Waals surface area contributed by atoms with E-state index in [-0.39, 0.29) is 0 Å². The molecule has 5 heteroatoms. The largest absolute Gasteiger partial charge is 0.382 e. The summed E-state index contributed by atoms with van der Waals surface area (Å²) in [5.74, 6) is 2.28. The molecule has 5 nitrogen and oxygen atoms in total. The Labute approximate surface area is 69.8 Å². The van der Waals surface area contributed by atoms with Gasteiger partial charge in [-0.05, 0) is 13.8 Å². The van der Waals surface area contributed by atoms with Gasteiger partial charge in [0.2, 0.25) is 0 Å². The van der Waals surface area contributed by atoms with Crippen molar-refractivity contribution in [3.8, 4) is 0 Å². The van der Waals surface area contributed by atoms with Crippen LogP contribution >= 0.6 is 0 Å². The molecule has 0 bridgehead atoms. The maximum Gasteiger partial charge on any atom is 0.185 e. The van der Waals surface area contributed by atoms with Gasteiger partial charge in [-0.15, -0.1) is 0 Å². The summed E-state index contributed by atoms with van der Waals surface area (Å²) >= 11 is 0. The summed E-state index contributed by atoms with van der Waals surface area (Å²) in [7, 11) is 0. The molecule has 0 aliphatic carbocycles. The van der Waals surface area contributed by atoms with Crippen LogP contribution in [-0.2, 0) is 0 Å². The summed E-state index contributed by atoms with van der Waals surface area (Å²) in [4.78, 5) is 12.2. The Morgan fingerprint density at radius 2 is 1.75 bits per heavy atom. The van der Waals surface area contributed by atoms with E-state index in [9.17, 15) is 0 Å². The van der Waals surface area contributed by atoms with Gasteiger partial charge in [-0.1, -0.05) is 0 Å². The second-order valence-electron chi connectivity index (χ2n) is 2.60. The van der Waals surface area contributed by atoms with Gasteiger partial charge in [0.05, 0.1) is 0 Å². The molecule has 2 rings (SSSR count). The van der Waals surface area contributed by atoms with E-state index in [2.05, 4.69) is 20.3 Å². The fourth-order valence-electron chi connectivity index (χ4n) is 1.10. The number of aliphatic imine (C=N–C) groups is 3. The fourth-order valence-corrected chi connectivity index (χ4v) is 1.10. The third-order valence-electron chi connectivity index (χ3n) is 1.55. The van der Waals surface area contributed by atoms with Gasteiger partial charge in [-0.3, -0.25) is 0 Å². The minimum absolute atomic E-state index is 0.401. The third-order valence-corrected chi connectivity index (χ3v) is 1.55. The average Bonchev–Trinajstić information content (AvgIpc) is 2.29. The van der Waals surface area contributed by atoms with Crippen molar-refractivity contribution in [3.05, 3.63) is 11.5 Å². The minimum Gasteiger partial charge on any atom is -0.382 e. The maximum atomic E-state index is 5.62. The average molecular weight is 162 g/mol. The molecule has 0 spiro atoms. The highest BCUT2D eigenvalue weighted by atomic mass is 15.2. The lowest BCUT2D eigenvalue weighted by molar-refractivity contribution is 1.10. The first-order valence-corrected chi connectivity index (χ1v) is 3.58. The van der Waals surface area contributed by atoms with Crippen LogP contribution < -0.4 is 11.1 Å². The van der Waals surface area contributed by atoms with Crippen molar-refractivity contribution in [1.29, 1.82) is 0 Å². The Morgan fingerprint density at radius 1 is 1.00 bits per heavy atom. The van der Waals surface area contributed by atoms with E-state index >= 15 is 0 Å². The van der Waals surface area contributed by atoms with Crippen LogP contribution in [0.5, 0.6) is 0 Å². The van der Waals surface area contributed by atoms with E-state index in [1.807, 2.05) is 0 Å². The molecule has 0 unspecified atom stereocenters.